The first-order chi connectivity index (χ1) is 9.51. The van der Waals surface area contributed by atoms with Crippen LogP contribution >= 0.6 is 0 Å². The minimum atomic E-state index is -0.292. The molecule has 0 bridgehead atoms. The molecule has 0 saturated carbocycles. The van der Waals surface area contributed by atoms with Crippen molar-refractivity contribution in [2.45, 2.75) is 71.2 Å². The predicted octanol–water partition coefficient (Wildman–Crippen LogP) is 2.49. The number of carbonyl (C=O) groups excluding carboxylic acids is 1. The van der Waals surface area contributed by atoms with Crippen molar-refractivity contribution in [1.82, 2.24) is 14.9 Å². The van der Waals surface area contributed by atoms with Gasteiger partial charge < -0.3 is 14.6 Å². The molecule has 1 saturated heterocycles. The molecule has 1 aromatic heterocycles. The summed E-state index contributed by atoms with van der Waals surface area (Å²) in [5.41, 5.74) is 0.684. The van der Waals surface area contributed by atoms with Gasteiger partial charge in [0.2, 0.25) is 5.91 Å². The van der Waals surface area contributed by atoms with E-state index in [0.717, 1.165) is 31.4 Å². The van der Waals surface area contributed by atoms with E-state index in [2.05, 4.69) is 30.7 Å². The molecule has 20 heavy (non-hydrogen) atoms. The summed E-state index contributed by atoms with van der Waals surface area (Å²) in [7, 11) is 0. The summed E-state index contributed by atoms with van der Waals surface area (Å²) in [6.45, 7) is 7.96. The highest BCUT2D eigenvalue weighted by Gasteiger charge is 2.50. The molecular weight excluding hydrogens is 254 g/mol. The van der Waals surface area contributed by atoms with E-state index in [0.29, 0.717) is 0 Å². The lowest BCUT2D eigenvalue weighted by Crippen LogP contribution is -2.47. The van der Waals surface area contributed by atoms with E-state index in [1.165, 1.54) is 0 Å². The maximum atomic E-state index is 12.1. The zero-order chi connectivity index (χ0) is 14.8. The van der Waals surface area contributed by atoms with Crippen molar-refractivity contribution in [1.29, 1.82) is 0 Å². The molecule has 5 nitrogen and oxygen atoms in total. The second kappa shape index (κ2) is 5.95. The third-order valence-electron chi connectivity index (χ3n) is 4.17. The van der Waals surface area contributed by atoms with Gasteiger partial charge in [0.1, 0.15) is 6.23 Å². The zero-order valence-corrected chi connectivity index (χ0v) is 12.8. The van der Waals surface area contributed by atoms with E-state index in [1.54, 1.807) is 13.3 Å². The highest BCUT2D eigenvalue weighted by Crippen LogP contribution is 2.38. The third-order valence-corrected chi connectivity index (χ3v) is 4.17. The molecular formula is C15H25N3O2. The van der Waals surface area contributed by atoms with Crippen molar-refractivity contribution in [3.05, 3.63) is 18.2 Å². The van der Waals surface area contributed by atoms with Crippen molar-refractivity contribution in [3.63, 3.8) is 0 Å². The Labute approximate surface area is 120 Å². The van der Waals surface area contributed by atoms with Crippen LogP contribution in [-0.4, -0.2) is 38.6 Å². The van der Waals surface area contributed by atoms with Gasteiger partial charge in [-0.25, -0.2) is 4.98 Å². The van der Waals surface area contributed by atoms with Crippen molar-refractivity contribution in [2.75, 3.05) is 0 Å². The molecule has 1 aromatic rings. The highest BCUT2D eigenvalue weighted by atomic mass is 16.5. The molecule has 5 heteroatoms. The first kappa shape index (κ1) is 15.0. The van der Waals surface area contributed by atoms with E-state index in [9.17, 15) is 4.79 Å². The topological polar surface area (TPSA) is 58.2 Å². The Morgan fingerprint density at radius 3 is 2.80 bits per heavy atom. The minimum Gasteiger partial charge on any atom is -0.351 e. The fourth-order valence-electron chi connectivity index (χ4n) is 3.28. The summed E-state index contributed by atoms with van der Waals surface area (Å²) < 4.78 is 6.24. The number of ether oxygens (including phenoxy) is 1. The molecule has 2 heterocycles. The number of H-pyrrole nitrogens is 1. The Balaban J connectivity index is 2.29. The normalized spacial score (nSPS) is 29.9. The van der Waals surface area contributed by atoms with Crippen LogP contribution in [-0.2, 0) is 16.0 Å². The Hall–Kier alpha value is -1.36. The molecule has 0 spiro atoms. The number of carbonyl (C=O) groups is 1. The molecule has 1 amide bonds. The van der Waals surface area contributed by atoms with Crippen LogP contribution in [0.1, 0.15) is 52.7 Å². The first-order valence-electron chi connectivity index (χ1n) is 7.46. The number of aromatic nitrogens is 2. The van der Waals surface area contributed by atoms with E-state index in [1.807, 2.05) is 11.1 Å². The van der Waals surface area contributed by atoms with Crippen molar-refractivity contribution in [3.8, 4) is 0 Å². The second-order valence-electron chi connectivity index (χ2n) is 5.75. The summed E-state index contributed by atoms with van der Waals surface area (Å²) in [6.07, 6.45) is 6.99. The molecule has 3 atom stereocenters. The molecule has 112 valence electrons. The van der Waals surface area contributed by atoms with Gasteiger partial charge in [0.25, 0.3) is 0 Å². The van der Waals surface area contributed by atoms with Gasteiger partial charge in [-0.15, -0.1) is 0 Å². The predicted molar refractivity (Wildman–Crippen MR) is 77.1 cm³/mol. The monoisotopic (exact) mass is 279 g/mol. The Bertz CT molecular complexity index is 446. The molecule has 1 unspecified atom stereocenters. The summed E-state index contributed by atoms with van der Waals surface area (Å²) in [6, 6.07) is 0.0493. The lowest BCUT2D eigenvalue weighted by molar-refractivity contribution is -0.136. The standard InChI is InChI=1S/C15H25N3O2/c1-5-7-15(4)13(8-12-9-16-10-17-12)18(11(3)19)14(6-2)20-15/h9-10,13-14H,5-8H2,1-4H3,(H,16,17)/t13-,14-,15?/m0/s1. The molecule has 2 rings (SSSR count). The second-order valence-corrected chi connectivity index (χ2v) is 5.75. The van der Waals surface area contributed by atoms with Crippen LogP contribution in [0.2, 0.25) is 0 Å². The van der Waals surface area contributed by atoms with Gasteiger partial charge in [0.05, 0.1) is 23.7 Å². The summed E-state index contributed by atoms with van der Waals surface area (Å²) >= 11 is 0. The van der Waals surface area contributed by atoms with Gasteiger partial charge in [-0.2, -0.15) is 0 Å². The van der Waals surface area contributed by atoms with E-state index >= 15 is 0 Å². The number of nitrogens with one attached hydrogen (secondary N) is 1. The van der Waals surface area contributed by atoms with Crippen LogP contribution in [0.15, 0.2) is 12.5 Å². The SMILES string of the molecule is CCCC1(C)O[C@@H](CC)N(C(C)=O)[C@H]1Cc1c[nH]cn1. The Kier molecular flexibility index (Phi) is 4.48. The van der Waals surface area contributed by atoms with Crippen LogP contribution in [0.3, 0.4) is 0 Å². The molecule has 1 aliphatic rings. The van der Waals surface area contributed by atoms with Gasteiger partial charge in [-0.05, 0) is 19.8 Å². The van der Waals surface area contributed by atoms with Crippen LogP contribution < -0.4 is 0 Å². The number of imidazole rings is 1. The minimum absolute atomic E-state index is 0.0493. The summed E-state index contributed by atoms with van der Waals surface area (Å²) in [4.78, 5) is 21.2. The average Bonchev–Trinajstić information content (AvgIpc) is 2.98. The van der Waals surface area contributed by atoms with Gasteiger partial charge in [0, 0.05) is 19.5 Å². The number of hydrogen-bond donors (Lipinski definition) is 1. The van der Waals surface area contributed by atoms with Crippen LogP contribution in [0.25, 0.3) is 0 Å². The highest BCUT2D eigenvalue weighted by molar-refractivity contribution is 5.74. The smallest absolute Gasteiger partial charge is 0.221 e. The molecule has 0 aromatic carbocycles. The Morgan fingerprint density at radius 1 is 1.55 bits per heavy atom. The molecule has 1 aliphatic heterocycles. The maximum absolute atomic E-state index is 12.1. The Morgan fingerprint density at radius 2 is 2.30 bits per heavy atom. The number of hydrogen-bond acceptors (Lipinski definition) is 3. The number of aromatic amines is 1. The summed E-state index contributed by atoms with van der Waals surface area (Å²) in [5.74, 6) is 0.0808. The molecule has 1 fully saturated rings. The molecule has 0 radical (unpaired) electrons. The van der Waals surface area contributed by atoms with Crippen molar-refractivity contribution < 1.29 is 9.53 Å². The zero-order valence-electron chi connectivity index (χ0n) is 12.8. The van der Waals surface area contributed by atoms with E-state index in [-0.39, 0.29) is 23.8 Å². The van der Waals surface area contributed by atoms with E-state index in [4.69, 9.17) is 4.74 Å². The maximum Gasteiger partial charge on any atom is 0.221 e. The van der Waals surface area contributed by atoms with E-state index < -0.39 is 0 Å². The van der Waals surface area contributed by atoms with Crippen molar-refractivity contribution >= 4 is 5.91 Å². The quantitative estimate of drug-likeness (QED) is 0.901. The lowest BCUT2D eigenvalue weighted by Gasteiger charge is -2.32. The van der Waals surface area contributed by atoms with Crippen molar-refractivity contribution in [2.24, 2.45) is 0 Å². The van der Waals surface area contributed by atoms with Gasteiger partial charge >= 0.3 is 0 Å². The fraction of sp³-hybridized carbons (Fsp3) is 0.733. The summed E-state index contributed by atoms with van der Waals surface area (Å²) in [5, 5.41) is 0. The number of nitrogens with zero attached hydrogens (tertiary/aromatic N) is 2. The van der Waals surface area contributed by atoms with Crippen LogP contribution in [0, 0.1) is 0 Å². The molecule has 1 N–H and O–H groups in total. The first-order valence-corrected chi connectivity index (χ1v) is 7.46. The van der Waals surface area contributed by atoms with Crippen LogP contribution in [0.4, 0.5) is 0 Å². The largest absolute Gasteiger partial charge is 0.351 e. The number of amides is 1. The van der Waals surface area contributed by atoms with Gasteiger partial charge in [0.15, 0.2) is 0 Å². The van der Waals surface area contributed by atoms with Crippen LogP contribution in [0.5, 0.6) is 0 Å². The van der Waals surface area contributed by atoms with Gasteiger partial charge in [-0.1, -0.05) is 20.3 Å². The van der Waals surface area contributed by atoms with Gasteiger partial charge in [-0.3, -0.25) is 4.79 Å². The fourth-order valence-corrected chi connectivity index (χ4v) is 3.28. The number of rotatable bonds is 5. The molecule has 0 aliphatic carbocycles. The average molecular weight is 279 g/mol. The third kappa shape index (κ3) is 2.73. The lowest BCUT2D eigenvalue weighted by atomic mass is 9.88.